The van der Waals surface area contributed by atoms with Gasteiger partial charge in [0.25, 0.3) is 0 Å². The van der Waals surface area contributed by atoms with Crippen LogP contribution in [0.25, 0.3) is 0 Å². The van der Waals surface area contributed by atoms with E-state index in [0.29, 0.717) is 13.1 Å². The molecule has 27 heavy (non-hydrogen) atoms. The molecule has 0 spiro atoms. The first-order valence-corrected chi connectivity index (χ1v) is 10.1. The van der Waals surface area contributed by atoms with E-state index in [0.717, 1.165) is 37.7 Å². The number of aliphatic hydroxyl groups is 1. The number of benzene rings is 2. The second-order valence-corrected chi connectivity index (χ2v) is 7.77. The van der Waals surface area contributed by atoms with Crippen molar-refractivity contribution in [2.75, 3.05) is 13.1 Å². The third kappa shape index (κ3) is 4.01. The molecule has 2 atom stereocenters. The fourth-order valence-corrected chi connectivity index (χ4v) is 4.48. The lowest BCUT2D eigenvalue weighted by molar-refractivity contribution is 0.0660. The summed E-state index contributed by atoms with van der Waals surface area (Å²) in [5, 5.41) is 13.9. The lowest BCUT2D eigenvalue weighted by Gasteiger charge is -2.36. The summed E-state index contributed by atoms with van der Waals surface area (Å²) in [5.41, 5.74) is 3.60. The van der Waals surface area contributed by atoms with E-state index < -0.39 is 6.10 Å². The molecule has 142 valence electrons. The molecule has 4 rings (SSSR count). The van der Waals surface area contributed by atoms with Crippen molar-refractivity contribution in [1.82, 2.24) is 10.2 Å². The number of fused-ring (bicyclic) bond motifs is 1. The number of aliphatic hydroxyl groups excluding tert-OH is 1. The number of nitrogens with one attached hydrogen (secondary N) is 1. The van der Waals surface area contributed by atoms with Gasteiger partial charge in [-0.05, 0) is 54.7 Å². The Morgan fingerprint density at radius 3 is 2.48 bits per heavy atom. The summed E-state index contributed by atoms with van der Waals surface area (Å²) in [7, 11) is 0. The highest BCUT2D eigenvalue weighted by molar-refractivity contribution is 5.75. The molecule has 4 heteroatoms. The number of hydrogen-bond acceptors (Lipinski definition) is 2. The number of carbonyl (C=O) groups is 1. The highest BCUT2D eigenvalue weighted by atomic mass is 16.3. The first-order valence-electron chi connectivity index (χ1n) is 10.1. The number of nitrogens with zero attached hydrogens (tertiary/aromatic N) is 1. The molecule has 2 amide bonds. The SMILES string of the molecule is O=C(NC1CCCc2ccccc21)N1CCC(C(O)c2ccccc2)CC1. The number of amides is 2. The highest BCUT2D eigenvalue weighted by Crippen LogP contribution is 2.32. The molecular formula is C23H28N2O2. The molecule has 1 aliphatic carbocycles. The maximum Gasteiger partial charge on any atom is 0.317 e. The maximum absolute atomic E-state index is 12.8. The summed E-state index contributed by atoms with van der Waals surface area (Å²) in [5.74, 6) is 0.215. The quantitative estimate of drug-likeness (QED) is 0.857. The van der Waals surface area contributed by atoms with E-state index in [-0.39, 0.29) is 18.0 Å². The van der Waals surface area contributed by atoms with Gasteiger partial charge in [-0.25, -0.2) is 4.79 Å². The summed E-state index contributed by atoms with van der Waals surface area (Å²) in [6.07, 6.45) is 4.46. The smallest absolute Gasteiger partial charge is 0.317 e. The second kappa shape index (κ2) is 8.13. The van der Waals surface area contributed by atoms with Crippen LogP contribution in [0.3, 0.4) is 0 Å². The van der Waals surface area contributed by atoms with Crippen LogP contribution in [-0.4, -0.2) is 29.1 Å². The maximum atomic E-state index is 12.8. The van der Waals surface area contributed by atoms with E-state index in [2.05, 4.69) is 29.6 Å². The Morgan fingerprint density at radius 2 is 1.70 bits per heavy atom. The number of carbonyl (C=O) groups excluding carboxylic acids is 1. The Bertz CT molecular complexity index is 769. The third-order valence-corrected chi connectivity index (χ3v) is 6.08. The molecule has 2 N–H and O–H groups in total. The zero-order valence-electron chi connectivity index (χ0n) is 15.7. The standard InChI is InChI=1S/C23H28N2O2/c26-22(18-8-2-1-3-9-18)19-13-15-25(16-14-19)23(27)24-21-12-6-10-17-7-4-5-11-20(17)21/h1-5,7-9,11,19,21-22,26H,6,10,12-16H2,(H,24,27). The van der Waals surface area contributed by atoms with Crippen molar-refractivity contribution in [2.45, 2.75) is 44.2 Å². The zero-order chi connectivity index (χ0) is 18.6. The molecular weight excluding hydrogens is 336 g/mol. The van der Waals surface area contributed by atoms with Crippen molar-refractivity contribution in [1.29, 1.82) is 0 Å². The lowest BCUT2D eigenvalue weighted by atomic mass is 9.87. The van der Waals surface area contributed by atoms with Crippen LogP contribution < -0.4 is 5.32 Å². The van der Waals surface area contributed by atoms with Gasteiger partial charge in [0, 0.05) is 13.1 Å². The molecule has 1 heterocycles. The third-order valence-electron chi connectivity index (χ3n) is 6.08. The predicted molar refractivity (Wildman–Crippen MR) is 106 cm³/mol. The fourth-order valence-electron chi connectivity index (χ4n) is 4.48. The highest BCUT2D eigenvalue weighted by Gasteiger charge is 2.30. The van der Waals surface area contributed by atoms with Crippen LogP contribution in [-0.2, 0) is 6.42 Å². The number of aryl methyl sites for hydroxylation is 1. The summed E-state index contributed by atoms with van der Waals surface area (Å²) in [6.45, 7) is 1.41. The van der Waals surface area contributed by atoms with Crippen LogP contribution in [0.2, 0.25) is 0 Å². The van der Waals surface area contributed by atoms with Gasteiger partial charge < -0.3 is 15.3 Å². The molecule has 1 aliphatic heterocycles. The van der Waals surface area contributed by atoms with Gasteiger partial charge >= 0.3 is 6.03 Å². The first-order chi connectivity index (χ1) is 13.2. The fraction of sp³-hybridized carbons (Fsp3) is 0.435. The lowest BCUT2D eigenvalue weighted by Crippen LogP contribution is -2.46. The van der Waals surface area contributed by atoms with Crippen molar-refractivity contribution in [3.8, 4) is 0 Å². The van der Waals surface area contributed by atoms with Crippen molar-refractivity contribution >= 4 is 6.03 Å². The van der Waals surface area contributed by atoms with Gasteiger partial charge in [-0.1, -0.05) is 54.6 Å². The Hall–Kier alpha value is -2.33. The Morgan fingerprint density at radius 1 is 1.00 bits per heavy atom. The predicted octanol–water partition coefficient (Wildman–Crippen LogP) is 4.22. The molecule has 2 aliphatic rings. The Kier molecular flexibility index (Phi) is 5.44. The van der Waals surface area contributed by atoms with Crippen molar-refractivity contribution in [3.05, 3.63) is 71.3 Å². The number of piperidine rings is 1. The first kappa shape index (κ1) is 18.1. The number of hydrogen-bond donors (Lipinski definition) is 2. The van der Waals surface area contributed by atoms with Crippen LogP contribution in [0.15, 0.2) is 54.6 Å². The molecule has 1 fully saturated rings. The summed E-state index contributed by atoms with van der Waals surface area (Å²) >= 11 is 0. The van der Waals surface area contributed by atoms with E-state index >= 15 is 0 Å². The Balaban J connectivity index is 1.33. The molecule has 2 aromatic rings. The van der Waals surface area contributed by atoms with Crippen LogP contribution in [0.1, 0.15) is 54.5 Å². The topological polar surface area (TPSA) is 52.6 Å². The monoisotopic (exact) mass is 364 g/mol. The van der Waals surface area contributed by atoms with Gasteiger partial charge in [0.1, 0.15) is 0 Å². The normalized spacial score (nSPS) is 21.4. The van der Waals surface area contributed by atoms with Gasteiger partial charge in [-0.3, -0.25) is 0 Å². The molecule has 1 saturated heterocycles. The molecule has 0 radical (unpaired) electrons. The number of rotatable bonds is 3. The molecule has 2 unspecified atom stereocenters. The summed E-state index contributed by atoms with van der Waals surface area (Å²) < 4.78 is 0. The number of likely N-dealkylation sites (tertiary alicyclic amines) is 1. The molecule has 4 nitrogen and oxygen atoms in total. The molecule has 0 bridgehead atoms. The van der Waals surface area contributed by atoms with Gasteiger partial charge in [-0.15, -0.1) is 0 Å². The van der Waals surface area contributed by atoms with Gasteiger partial charge in [0.15, 0.2) is 0 Å². The van der Waals surface area contributed by atoms with Crippen LogP contribution >= 0.6 is 0 Å². The van der Waals surface area contributed by atoms with Gasteiger partial charge in [0.05, 0.1) is 12.1 Å². The number of urea groups is 1. The molecule has 0 aromatic heterocycles. The molecule has 2 aromatic carbocycles. The van der Waals surface area contributed by atoms with E-state index in [1.54, 1.807) is 0 Å². The minimum Gasteiger partial charge on any atom is -0.388 e. The van der Waals surface area contributed by atoms with E-state index in [9.17, 15) is 9.90 Å². The van der Waals surface area contributed by atoms with Crippen LogP contribution in [0.4, 0.5) is 4.79 Å². The van der Waals surface area contributed by atoms with E-state index in [4.69, 9.17) is 0 Å². The van der Waals surface area contributed by atoms with Crippen molar-refractivity contribution in [3.63, 3.8) is 0 Å². The summed E-state index contributed by atoms with van der Waals surface area (Å²) in [4.78, 5) is 14.7. The zero-order valence-corrected chi connectivity index (χ0v) is 15.7. The van der Waals surface area contributed by atoms with Gasteiger partial charge in [-0.2, -0.15) is 0 Å². The largest absolute Gasteiger partial charge is 0.388 e. The van der Waals surface area contributed by atoms with Crippen molar-refractivity contribution in [2.24, 2.45) is 5.92 Å². The van der Waals surface area contributed by atoms with Crippen LogP contribution in [0, 0.1) is 5.92 Å². The minimum atomic E-state index is -0.443. The Labute approximate surface area is 161 Å². The molecule has 0 saturated carbocycles. The van der Waals surface area contributed by atoms with Crippen molar-refractivity contribution < 1.29 is 9.90 Å². The second-order valence-electron chi connectivity index (χ2n) is 7.77. The average molecular weight is 364 g/mol. The van der Waals surface area contributed by atoms with E-state index in [1.807, 2.05) is 35.2 Å². The van der Waals surface area contributed by atoms with Gasteiger partial charge in [0.2, 0.25) is 0 Å². The average Bonchev–Trinajstić information content (AvgIpc) is 2.74. The van der Waals surface area contributed by atoms with E-state index in [1.165, 1.54) is 11.1 Å². The minimum absolute atomic E-state index is 0.0318. The van der Waals surface area contributed by atoms with Crippen LogP contribution in [0.5, 0.6) is 0 Å². The summed E-state index contributed by atoms with van der Waals surface area (Å²) in [6, 6.07) is 18.4.